The molecule has 1 unspecified atom stereocenters. The molecule has 1 spiro atoms. The molecule has 0 heteroatoms. The van der Waals surface area contributed by atoms with Crippen LogP contribution in [0.1, 0.15) is 98.9 Å². The van der Waals surface area contributed by atoms with Crippen LogP contribution >= 0.6 is 0 Å². The molecule has 3 aliphatic rings. The van der Waals surface area contributed by atoms with Gasteiger partial charge < -0.3 is 0 Å². The highest BCUT2D eigenvalue weighted by atomic mass is 14.6. The van der Waals surface area contributed by atoms with Crippen LogP contribution in [0.15, 0.2) is 36.4 Å². The fraction of sp³-hybridized carbons (Fsp3) is 0.517. The molecular formula is C29H36. The second-order valence-corrected chi connectivity index (χ2v) is 11.1. The largest absolute Gasteiger partial charge is 0.0838 e. The molecule has 0 radical (unpaired) electrons. The third-order valence-electron chi connectivity index (χ3n) is 8.26. The molecule has 2 aromatic rings. The Morgan fingerprint density at radius 1 is 0.621 bits per heavy atom. The van der Waals surface area contributed by atoms with Gasteiger partial charge in [0, 0.05) is 5.41 Å². The van der Waals surface area contributed by atoms with Crippen LogP contribution < -0.4 is 0 Å². The molecule has 0 bridgehead atoms. The molecule has 5 rings (SSSR count). The summed E-state index contributed by atoms with van der Waals surface area (Å²) in [5.74, 6) is 0. The lowest BCUT2D eigenvalue weighted by molar-refractivity contribution is 0.349. The zero-order chi connectivity index (χ0) is 20.6. The molecule has 0 N–H and O–H groups in total. The number of allylic oxidation sites excluding steroid dienone is 2. The standard InChI is InChI=1S/C29H36/c1-7-19-13-23-25(14-20(19)8-2)29(17-27(23,3)4)18-28(5,6)24-15-21-11-9-10-12-22(21)16-26(24)29/h9-10,13-16H,7-8,11-12,17-18H2,1-6H3. The normalized spacial score (nSPS) is 25.2. The molecule has 0 saturated heterocycles. The number of fused-ring (bicyclic) bond motifs is 5. The van der Waals surface area contributed by atoms with E-state index in [0.717, 1.165) is 25.7 Å². The second-order valence-electron chi connectivity index (χ2n) is 11.1. The molecule has 0 heterocycles. The molecule has 3 aliphatic carbocycles. The summed E-state index contributed by atoms with van der Waals surface area (Å²) in [5.41, 5.74) is 13.4. The maximum Gasteiger partial charge on any atom is 0.0225 e. The van der Waals surface area contributed by atoms with E-state index in [1.54, 1.807) is 44.5 Å². The molecule has 1 atom stereocenters. The summed E-state index contributed by atoms with van der Waals surface area (Å²) in [5, 5.41) is 0. The van der Waals surface area contributed by atoms with Crippen LogP contribution in [0.4, 0.5) is 0 Å². The van der Waals surface area contributed by atoms with Crippen molar-refractivity contribution in [1.29, 1.82) is 0 Å². The molecule has 0 aliphatic heterocycles. The van der Waals surface area contributed by atoms with Crippen LogP contribution in [0, 0.1) is 0 Å². The summed E-state index contributed by atoms with van der Waals surface area (Å²) in [6.45, 7) is 14.6. The Bertz CT molecular complexity index is 1030. The molecule has 29 heavy (non-hydrogen) atoms. The van der Waals surface area contributed by atoms with Crippen molar-refractivity contribution in [2.45, 2.75) is 96.3 Å². The smallest absolute Gasteiger partial charge is 0.0225 e. The minimum atomic E-state index is 0.185. The van der Waals surface area contributed by atoms with Crippen molar-refractivity contribution >= 4 is 0 Å². The van der Waals surface area contributed by atoms with Crippen molar-refractivity contribution in [1.82, 2.24) is 0 Å². The molecular weight excluding hydrogens is 348 g/mol. The van der Waals surface area contributed by atoms with Crippen molar-refractivity contribution in [3.8, 4) is 0 Å². The van der Waals surface area contributed by atoms with E-state index in [4.69, 9.17) is 0 Å². The summed E-state index contributed by atoms with van der Waals surface area (Å²) in [6.07, 6.45) is 11.7. The van der Waals surface area contributed by atoms with Gasteiger partial charge in [0.2, 0.25) is 0 Å². The summed E-state index contributed by atoms with van der Waals surface area (Å²) in [7, 11) is 0. The van der Waals surface area contributed by atoms with Gasteiger partial charge in [0.1, 0.15) is 0 Å². The van der Waals surface area contributed by atoms with Gasteiger partial charge in [-0.15, -0.1) is 0 Å². The van der Waals surface area contributed by atoms with E-state index in [1.165, 1.54) is 12.8 Å². The molecule has 0 amide bonds. The SMILES string of the molecule is CCc1cc2c(cc1CC)C1(CC2(C)C)CC(C)(C)c2cc3c(cc21)CC=CC3. The Labute approximate surface area is 177 Å². The van der Waals surface area contributed by atoms with Gasteiger partial charge in [-0.25, -0.2) is 0 Å². The van der Waals surface area contributed by atoms with Crippen molar-refractivity contribution in [3.63, 3.8) is 0 Å². The zero-order valence-corrected chi connectivity index (χ0v) is 19.2. The third kappa shape index (κ3) is 2.57. The average molecular weight is 385 g/mol. The van der Waals surface area contributed by atoms with Gasteiger partial charge in [-0.1, -0.05) is 78.0 Å². The molecule has 152 valence electrons. The Hall–Kier alpha value is -1.82. The van der Waals surface area contributed by atoms with Gasteiger partial charge >= 0.3 is 0 Å². The zero-order valence-electron chi connectivity index (χ0n) is 19.2. The van der Waals surface area contributed by atoms with Crippen LogP contribution in [-0.4, -0.2) is 0 Å². The minimum absolute atomic E-state index is 0.185. The Balaban J connectivity index is 1.79. The summed E-state index contributed by atoms with van der Waals surface area (Å²) < 4.78 is 0. The van der Waals surface area contributed by atoms with E-state index in [9.17, 15) is 0 Å². The Morgan fingerprint density at radius 3 is 1.55 bits per heavy atom. The molecule has 2 aromatic carbocycles. The first-order chi connectivity index (χ1) is 13.7. The minimum Gasteiger partial charge on any atom is -0.0838 e. The average Bonchev–Trinajstić information content (AvgIpc) is 3.04. The quantitative estimate of drug-likeness (QED) is 0.484. The third-order valence-corrected chi connectivity index (χ3v) is 8.26. The number of hydrogen-bond acceptors (Lipinski definition) is 0. The van der Waals surface area contributed by atoms with Crippen molar-refractivity contribution in [2.75, 3.05) is 0 Å². The molecule has 0 aromatic heterocycles. The van der Waals surface area contributed by atoms with Crippen LogP contribution in [0.3, 0.4) is 0 Å². The van der Waals surface area contributed by atoms with Gasteiger partial charge in [-0.2, -0.15) is 0 Å². The lowest BCUT2D eigenvalue weighted by Gasteiger charge is -2.31. The van der Waals surface area contributed by atoms with E-state index >= 15 is 0 Å². The van der Waals surface area contributed by atoms with E-state index in [-0.39, 0.29) is 16.2 Å². The first-order valence-electron chi connectivity index (χ1n) is 11.7. The summed E-state index contributed by atoms with van der Waals surface area (Å²) in [4.78, 5) is 0. The first kappa shape index (κ1) is 19.2. The topological polar surface area (TPSA) is 0 Å². The predicted molar refractivity (Wildman–Crippen MR) is 124 cm³/mol. The van der Waals surface area contributed by atoms with Crippen LogP contribution in [0.5, 0.6) is 0 Å². The maximum atomic E-state index is 2.62. The van der Waals surface area contributed by atoms with Gasteiger partial charge in [-0.3, -0.25) is 0 Å². The molecule has 0 saturated carbocycles. The summed E-state index contributed by atoms with van der Waals surface area (Å²) >= 11 is 0. The monoisotopic (exact) mass is 384 g/mol. The first-order valence-corrected chi connectivity index (χ1v) is 11.7. The molecule has 0 fully saturated rings. The highest BCUT2D eigenvalue weighted by Crippen LogP contribution is 2.63. The van der Waals surface area contributed by atoms with Crippen LogP contribution in [-0.2, 0) is 41.9 Å². The Kier molecular flexibility index (Phi) is 4.03. The lowest BCUT2D eigenvalue weighted by Crippen LogP contribution is -2.27. The van der Waals surface area contributed by atoms with E-state index in [0.29, 0.717) is 0 Å². The summed E-state index contributed by atoms with van der Waals surface area (Å²) in [6, 6.07) is 10.4. The van der Waals surface area contributed by atoms with Gasteiger partial charge in [0.05, 0.1) is 0 Å². The van der Waals surface area contributed by atoms with Crippen molar-refractivity contribution in [2.24, 2.45) is 0 Å². The highest BCUT2D eigenvalue weighted by Gasteiger charge is 2.56. The van der Waals surface area contributed by atoms with E-state index < -0.39 is 0 Å². The maximum absolute atomic E-state index is 2.62. The number of hydrogen-bond donors (Lipinski definition) is 0. The van der Waals surface area contributed by atoms with Crippen molar-refractivity contribution < 1.29 is 0 Å². The number of aryl methyl sites for hydroxylation is 2. The highest BCUT2D eigenvalue weighted by molar-refractivity contribution is 5.63. The fourth-order valence-corrected chi connectivity index (χ4v) is 7.04. The fourth-order valence-electron chi connectivity index (χ4n) is 7.04. The lowest BCUT2D eigenvalue weighted by atomic mass is 9.72. The van der Waals surface area contributed by atoms with E-state index in [2.05, 4.69) is 78.0 Å². The van der Waals surface area contributed by atoms with Gasteiger partial charge in [0.15, 0.2) is 0 Å². The molecule has 0 nitrogen and oxygen atoms in total. The van der Waals surface area contributed by atoms with Crippen LogP contribution in [0.2, 0.25) is 0 Å². The second kappa shape index (κ2) is 6.10. The van der Waals surface area contributed by atoms with Crippen molar-refractivity contribution in [3.05, 3.63) is 80.9 Å². The Morgan fingerprint density at radius 2 is 1.03 bits per heavy atom. The van der Waals surface area contributed by atoms with Gasteiger partial charge in [-0.05, 0) is 93.9 Å². The van der Waals surface area contributed by atoms with Gasteiger partial charge in [0.25, 0.3) is 0 Å². The van der Waals surface area contributed by atoms with Crippen LogP contribution in [0.25, 0.3) is 0 Å². The number of rotatable bonds is 2. The van der Waals surface area contributed by atoms with E-state index in [1.807, 2.05) is 0 Å². The number of benzene rings is 2. The predicted octanol–water partition coefficient (Wildman–Crippen LogP) is 7.11.